The fourth-order valence-electron chi connectivity index (χ4n) is 2.08. The first kappa shape index (κ1) is 14.5. The molecule has 0 aliphatic rings. The summed E-state index contributed by atoms with van der Waals surface area (Å²) >= 11 is 0. The fraction of sp³-hybridized carbons (Fsp3) is 0.615. The van der Waals surface area contributed by atoms with Gasteiger partial charge in [-0.3, -0.25) is 0 Å². The smallest absolute Gasteiger partial charge is 0.226 e. The van der Waals surface area contributed by atoms with Gasteiger partial charge in [-0.05, 0) is 27.4 Å². The first-order valence-electron chi connectivity index (χ1n) is 6.96. The van der Waals surface area contributed by atoms with Gasteiger partial charge in [-0.1, -0.05) is 6.92 Å². The van der Waals surface area contributed by atoms with Crippen LogP contribution in [0.5, 0.6) is 0 Å². The van der Waals surface area contributed by atoms with Crippen LogP contribution in [0.25, 0.3) is 11.2 Å². The van der Waals surface area contributed by atoms with Crippen LogP contribution in [0.15, 0.2) is 6.33 Å². The Hall–Kier alpha value is -1.89. The zero-order valence-corrected chi connectivity index (χ0v) is 12.6. The monoisotopic (exact) mass is 277 g/mol. The van der Waals surface area contributed by atoms with E-state index >= 15 is 0 Å². The number of rotatable bonds is 7. The van der Waals surface area contributed by atoms with Gasteiger partial charge in [0, 0.05) is 19.1 Å². The van der Waals surface area contributed by atoms with Crippen LogP contribution in [0.4, 0.5) is 11.8 Å². The summed E-state index contributed by atoms with van der Waals surface area (Å²) in [5, 5.41) is 6.62. The summed E-state index contributed by atoms with van der Waals surface area (Å²) in [7, 11) is 4.11. The fourth-order valence-corrected chi connectivity index (χ4v) is 2.08. The van der Waals surface area contributed by atoms with Crippen molar-refractivity contribution >= 4 is 22.9 Å². The number of likely N-dealkylation sites (N-methyl/N-ethyl adjacent to an activating group) is 1. The molecule has 0 aliphatic heterocycles. The second-order valence-electron chi connectivity index (χ2n) is 5.23. The first-order chi connectivity index (χ1) is 9.60. The minimum atomic E-state index is 0.283. The molecular formula is C13H23N7. The molecule has 1 unspecified atom stereocenters. The quantitative estimate of drug-likeness (QED) is 0.712. The molecule has 0 bridgehead atoms. The maximum absolute atomic E-state index is 4.53. The van der Waals surface area contributed by atoms with Gasteiger partial charge >= 0.3 is 0 Å². The molecule has 0 saturated heterocycles. The van der Waals surface area contributed by atoms with Crippen LogP contribution >= 0.6 is 0 Å². The van der Waals surface area contributed by atoms with Crippen molar-refractivity contribution in [1.29, 1.82) is 0 Å². The molecular weight excluding hydrogens is 254 g/mol. The van der Waals surface area contributed by atoms with Crippen molar-refractivity contribution in [2.45, 2.75) is 26.3 Å². The Morgan fingerprint density at radius 3 is 2.85 bits per heavy atom. The van der Waals surface area contributed by atoms with Gasteiger partial charge in [0.15, 0.2) is 11.5 Å². The molecule has 3 N–H and O–H groups in total. The van der Waals surface area contributed by atoms with Gasteiger partial charge in [0.05, 0.1) is 6.33 Å². The summed E-state index contributed by atoms with van der Waals surface area (Å²) in [5.74, 6) is 1.41. The van der Waals surface area contributed by atoms with Gasteiger partial charge in [0.2, 0.25) is 5.95 Å². The summed E-state index contributed by atoms with van der Waals surface area (Å²) in [5.41, 5.74) is 1.52. The number of anilines is 2. The molecule has 7 heteroatoms. The normalized spacial score (nSPS) is 12.8. The van der Waals surface area contributed by atoms with Crippen molar-refractivity contribution in [3.05, 3.63) is 6.33 Å². The number of aromatic amines is 1. The molecule has 2 heterocycles. The van der Waals surface area contributed by atoms with E-state index in [1.807, 2.05) is 0 Å². The lowest BCUT2D eigenvalue weighted by atomic mass is 10.3. The van der Waals surface area contributed by atoms with Crippen molar-refractivity contribution in [1.82, 2.24) is 24.8 Å². The molecule has 7 nitrogen and oxygen atoms in total. The van der Waals surface area contributed by atoms with Gasteiger partial charge in [-0.2, -0.15) is 9.97 Å². The number of aromatic nitrogens is 4. The standard InChI is InChI=1S/C13H23N7/c1-5-6-14-13-18-11-10(15-8-16-11)12(19-13)17-9(2)7-20(3)4/h8-9H,5-7H2,1-4H3,(H3,14,15,16,17,18,19). The highest BCUT2D eigenvalue weighted by molar-refractivity contribution is 5.83. The van der Waals surface area contributed by atoms with Crippen molar-refractivity contribution in [3.8, 4) is 0 Å². The number of hydrogen-bond acceptors (Lipinski definition) is 6. The molecule has 0 spiro atoms. The minimum Gasteiger partial charge on any atom is -0.364 e. The third kappa shape index (κ3) is 3.57. The molecule has 2 rings (SSSR count). The number of imidazole rings is 1. The van der Waals surface area contributed by atoms with Gasteiger partial charge in [0.1, 0.15) is 5.52 Å². The number of fused-ring (bicyclic) bond motifs is 1. The van der Waals surface area contributed by atoms with Gasteiger partial charge < -0.3 is 20.5 Å². The Labute approximate surface area is 119 Å². The Morgan fingerprint density at radius 2 is 2.15 bits per heavy atom. The Morgan fingerprint density at radius 1 is 1.35 bits per heavy atom. The summed E-state index contributed by atoms with van der Waals surface area (Å²) in [6, 6.07) is 0.283. The molecule has 2 aromatic rings. The lowest BCUT2D eigenvalue weighted by molar-refractivity contribution is 0.392. The summed E-state index contributed by atoms with van der Waals surface area (Å²) in [6.45, 7) is 6.02. The second kappa shape index (κ2) is 6.51. The van der Waals surface area contributed by atoms with Crippen LogP contribution < -0.4 is 10.6 Å². The molecule has 0 radical (unpaired) electrons. The summed E-state index contributed by atoms with van der Waals surface area (Å²) < 4.78 is 0. The van der Waals surface area contributed by atoms with Crippen LogP contribution in [0.2, 0.25) is 0 Å². The highest BCUT2D eigenvalue weighted by atomic mass is 15.2. The predicted octanol–water partition coefficient (Wildman–Crippen LogP) is 1.54. The highest BCUT2D eigenvalue weighted by Crippen LogP contribution is 2.19. The van der Waals surface area contributed by atoms with E-state index < -0.39 is 0 Å². The molecule has 0 aromatic carbocycles. The molecule has 0 aliphatic carbocycles. The molecule has 0 amide bonds. The molecule has 110 valence electrons. The van der Waals surface area contributed by atoms with Crippen molar-refractivity contribution < 1.29 is 0 Å². The van der Waals surface area contributed by atoms with Crippen molar-refractivity contribution in [3.63, 3.8) is 0 Å². The predicted molar refractivity (Wildman–Crippen MR) is 82.1 cm³/mol. The highest BCUT2D eigenvalue weighted by Gasteiger charge is 2.12. The molecule has 20 heavy (non-hydrogen) atoms. The lowest BCUT2D eigenvalue weighted by Gasteiger charge is -2.19. The van der Waals surface area contributed by atoms with Gasteiger partial charge in [0.25, 0.3) is 0 Å². The van der Waals surface area contributed by atoms with Crippen LogP contribution in [-0.4, -0.2) is 58.1 Å². The molecule has 0 fully saturated rings. The van der Waals surface area contributed by atoms with Crippen LogP contribution in [0, 0.1) is 0 Å². The van der Waals surface area contributed by atoms with Gasteiger partial charge in [-0.25, -0.2) is 4.98 Å². The average molecular weight is 277 g/mol. The van der Waals surface area contributed by atoms with E-state index in [1.54, 1.807) is 6.33 Å². The zero-order chi connectivity index (χ0) is 14.5. The van der Waals surface area contributed by atoms with E-state index in [4.69, 9.17) is 0 Å². The van der Waals surface area contributed by atoms with Crippen LogP contribution in [-0.2, 0) is 0 Å². The molecule has 1 atom stereocenters. The van der Waals surface area contributed by atoms with Crippen molar-refractivity contribution in [2.24, 2.45) is 0 Å². The SMILES string of the molecule is CCCNc1nc(NC(C)CN(C)C)c2[nH]cnc2n1. The number of nitrogens with one attached hydrogen (secondary N) is 3. The number of hydrogen-bond donors (Lipinski definition) is 3. The topological polar surface area (TPSA) is 81.8 Å². The third-order valence-electron chi connectivity index (χ3n) is 2.84. The largest absolute Gasteiger partial charge is 0.364 e. The van der Waals surface area contributed by atoms with E-state index in [9.17, 15) is 0 Å². The Kier molecular flexibility index (Phi) is 4.73. The summed E-state index contributed by atoms with van der Waals surface area (Å²) in [6.07, 6.45) is 2.67. The van der Waals surface area contributed by atoms with Crippen LogP contribution in [0.3, 0.4) is 0 Å². The van der Waals surface area contributed by atoms with E-state index in [-0.39, 0.29) is 6.04 Å². The van der Waals surface area contributed by atoms with Crippen molar-refractivity contribution in [2.75, 3.05) is 37.8 Å². The third-order valence-corrected chi connectivity index (χ3v) is 2.84. The summed E-state index contributed by atoms with van der Waals surface area (Å²) in [4.78, 5) is 18.4. The zero-order valence-electron chi connectivity index (χ0n) is 12.6. The first-order valence-corrected chi connectivity index (χ1v) is 6.96. The second-order valence-corrected chi connectivity index (χ2v) is 5.23. The van der Waals surface area contributed by atoms with E-state index in [2.05, 4.69) is 63.4 Å². The molecule has 0 saturated carbocycles. The maximum atomic E-state index is 4.53. The Balaban J connectivity index is 2.22. The average Bonchev–Trinajstić information content (AvgIpc) is 2.83. The van der Waals surface area contributed by atoms with E-state index in [1.165, 1.54) is 0 Å². The Bertz CT molecular complexity index is 549. The van der Waals surface area contributed by atoms with E-state index in [0.717, 1.165) is 30.8 Å². The minimum absolute atomic E-state index is 0.283. The van der Waals surface area contributed by atoms with E-state index in [0.29, 0.717) is 11.6 Å². The lowest BCUT2D eigenvalue weighted by Crippen LogP contribution is -2.30. The van der Waals surface area contributed by atoms with Crippen LogP contribution in [0.1, 0.15) is 20.3 Å². The molecule has 2 aromatic heterocycles. The number of H-pyrrole nitrogens is 1. The van der Waals surface area contributed by atoms with Gasteiger partial charge in [-0.15, -0.1) is 0 Å². The maximum Gasteiger partial charge on any atom is 0.226 e. The number of nitrogens with zero attached hydrogens (tertiary/aromatic N) is 4.